The summed E-state index contributed by atoms with van der Waals surface area (Å²) in [5.74, 6) is -1.40. The first kappa shape index (κ1) is 15.7. The number of aryl methyl sites for hydroxylation is 1. The maximum atomic E-state index is 11.7. The highest BCUT2D eigenvalue weighted by molar-refractivity contribution is 9.10. The van der Waals surface area contributed by atoms with Crippen LogP contribution < -0.4 is 5.32 Å². The van der Waals surface area contributed by atoms with Gasteiger partial charge in [0.25, 0.3) is 0 Å². The smallest absolute Gasteiger partial charge is 0.313 e. The standard InChI is InChI=1S/C13H17BrN2O3/c1-8-6-10(4-5-11(8)14)15-12(18)13(19)16(3)7-9(2)17/h4-6,9,17H,7H2,1-3H3,(H,15,18)/t9-/m0/s1. The lowest BCUT2D eigenvalue weighted by Gasteiger charge is -2.18. The first-order chi connectivity index (χ1) is 8.81. The Bertz CT molecular complexity index is 489. The number of carbonyl (C=O) groups is 2. The lowest BCUT2D eigenvalue weighted by Crippen LogP contribution is -2.40. The minimum absolute atomic E-state index is 0.117. The summed E-state index contributed by atoms with van der Waals surface area (Å²) in [5, 5.41) is 11.7. The van der Waals surface area contributed by atoms with E-state index in [0.717, 1.165) is 10.0 Å². The molecule has 104 valence electrons. The van der Waals surface area contributed by atoms with Gasteiger partial charge in [0.2, 0.25) is 0 Å². The number of hydrogen-bond donors (Lipinski definition) is 2. The molecule has 1 aromatic rings. The van der Waals surface area contributed by atoms with Crippen molar-refractivity contribution in [3.05, 3.63) is 28.2 Å². The minimum atomic E-state index is -0.718. The van der Waals surface area contributed by atoms with Crippen LogP contribution in [-0.4, -0.2) is 41.5 Å². The Morgan fingerprint density at radius 2 is 2.11 bits per heavy atom. The summed E-state index contributed by atoms with van der Waals surface area (Å²) in [6.07, 6.45) is -0.670. The molecular formula is C13H17BrN2O3. The number of anilines is 1. The number of aliphatic hydroxyl groups is 1. The number of halogens is 1. The van der Waals surface area contributed by atoms with E-state index in [1.165, 1.54) is 11.9 Å². The second kappa shape index (κ2) is 6.68. The molecule has 0 bridgehead atoms. The number of benzene rings is 1. The van der Waals surface area contributed by atoms with E-state index in [9.17, 15) is 14.7 Å². The molecule has 0 heterocycles. The highest BCUT2D eigenvalue weighted by Crippen LogP contribution is 2.19. The van der Waals surface area contributed by atoms with Gasteiger partial charge in [0.15, 0.2) is 0 Å². The van der Waals surface area contributed by atoms with Gasteiger partial charge in [0.05, 0.1) is 6.10 Å². The molecule has 0 radical (unpaired) electrons. The van der Waals surface area contributed by atoms with Crippen molar-refractivity contribution in [2.75, 3.05) is 18.9 Å². The molecule has 0 spiro atoms. The zero-order valence-corrected chi connectivity index (χ0v) is 12.7. The normalized spacial score (nSPS) is 11.8. The second-order valence-electron chi connectivity index (χ2n) is 4.45. The third-order valence-corrected chi connectivity index (χ3v) is 3.38. The van der Waals surface area contributed by atoms with Gasteiger partial charge in [-0.05, 0) is 37.6 Å². The van der Waals surface area contributed by atoms with Crippen LogP contribution in [0.5, 0.6) is 0 Å². The molecule has 1 atom stereocenters. The molecule has 1 rings (SSSR count). The zero-order valence-electron chi connectivity index (χ0n) is 11.1. The van der Waals surface area contributed by atoms with Gasteiger partial charge in [-0.3, -0.25) is 9.59 Å². The number of nitrogens with zero attached hydrogens (tertiary/aromatic N) is 1. The molecule has 2 N–H and O–H groups in total. The quantitative estimate of drug-likeness (QED) is 0.827. The van der Waals surface area contributed by atoms with Crippen LogP contribution >= 0.6 is 15.9 Å². The molecule has 0 fully saturated rings. The van der Waals surface area contributed by atoms with Gasteiger partial charge >= 0.3 is 11.8 Å². The van der Waals surface area contributed by atoms with Crippen molar-refractivity contribution in [1.82, 2.24) is 4.90 Å². The first-order valence-electron chi connectivity index (χ1n) is 5.82. The summed E-state index contributed by atoms with van der Waals surface area (Å²) in [7, 11) is 1.47. The van der Waals surface area contributed by atoms with E-state index in [1.807, 2.05) is 6.92 Å². The molecule has 2 amide bonds. The first-order valence-corrected chi connectivity index (χ1v) is 6.61. The number of rotatable bonds is 3. The van der Waals surface area contributed by atoms with Crippen molar-refractivity contribution in [2.24, 2.45) is 0 Å². The number of nitrogens with one attached hydrogen (secondary N) is 1. The predicted octanol–water partition coefficient (Wildman–Crippen LogP) is 1.54. The Hall–Kier alpha value is -1.40. The monoisotopic (exact) mass is 328 g/mol. The largest absolute Gasteiger partial charge is 0.392 e. The van der Waals surface area contributed by atoms with Crippen LogP contribution in [0, 0.1) is 6.92 Å². The average molecular weight is 329 g/mol. The molecule has 0 aliphatic carbocycles. The van der Waals surface area contributed by atoms with Crippen molar-refractivity contribution < 1.29 is 14.7 Å². The molecule has 1 aromatic carbocycles. The van der Waals surface area contributed by atoms with Gasteiger partial charge in [-0.15, -0.1) is 0 Å². The van der Waals surface area contributed by atoms with Crippen molar-refractivity contribution in [2.45, 2.75) is 20.0 Å². The fourth-order valence-electron chi connectivity index (χ4n) is 1.56. The van der Waals surface area contributed by atoms with E-state index in [1.54, 1.807) is 25.1 Å². The summed E-state index contributed by atoms with van der Waals surface area (Å²) in [6.45, 7) is 3.56. The fraction of sp³-hybridized carbons (Fsp3) is 0.385. The Kier molecular flexibility index (Phi) is 5.50. The molecule has 19 heavy (non-hydrogen) atoms. The van der Waals surface area contributed by atoms with E-state index < -0.39 is 17.9 Å². The summed E-state index contributed by atoms with van der Waals surface area (Å²) in [4.78, 5) is 24.7. The second-order valence-corrected chi connectivity index (χ2v) is 5.31. The maximum Gasteiger partial charge on any atom is 0.313 e. The van der Waals surface area contributed by atoms with Gasteiger partial charge in [0, 0.05) is 23.8 Å². The highest BCUT2D eigenvalue weighted by Gasteiger charge is 2.19. The average Bonchev–Trinajstić information content (AvgIpc) is 2.32. The van der Waals surface area contributed by atoms with Gasteiger partial charge in [-0.1, -0.05) is 15.9 Å². The lowest BCUT2D eigenvalue weighted by atomic mass is 10.2. The molecular weight excluding hydrogens is 312 g/mol. The molecule has 0 aromatic heterocycles. The summed E-state index contributed by atoms with van der Waals surface area (Å²) < 4.78 is 0.933. The van der Waals surface area contributed by atoms with E-state index in [4.69, 9.17) is 0 Å². The van der Waals surface area contributed by atoms with Gasteiger partial charge in [0.1, 0.15) is 0 Å². The van der Waals surface area contributed by atoms with E-state index >= 15 is 0 Å². The molecule has 5 nitrogen and oxygen atoms in total. The van der Waals surface area contributed by atoms with Crippen LogP contribution in [0.25, 0.3) is 0 Å². The minimum Gasteiger partial charge on any atom is -0.392 e. The van der Waals surface area contributed by atoms with Gasteiger partial charge in [-0.25, -0.2) is 0 Å². The number of hydrogen-bond acceptors (Lipinski definition) is 3. The van der Waals surface area contributed by atoms with E-state index in [2.05, 4.69) is 21.2 Å². The number of aliphatic hydroxyl groups excluding tert-OH is 1. The SMILES string of the molecule is Cc1cc(NC(=O)C(=O)N(C)C[C@H](C)O)ccc1Br. The molecule has 0 saturated carbocycles. The zero-order chi connectivity index (χ0) is 14.6. The third-order valence-electron chi connectivity index (χ3n) is 2.49. The van der Waals surface area contributed by atoms with Gasteiger partial charge < -0.3 is 15.3 Å². The van der Waals surface area contributed by atoms with Crippen molar-refractivity contribution in [1.29, 1.82) is 0 Å². The van der Waals surface area contributed by atoms with Crippen LogP contribution in [0.15, 0.2) is 22.7 Å². The third kappa shape index (κ3) is 4.65. The Morgan fingerprint density at radius 1 is 1.47 bits per heavy atom. The summed E-state index contributed by atoms with van der Waals surface area (Å²) in [5.41, 5.74) is 1.52. The topological polar surface area (TPSA) is 69.6 Å². The van der Waals surface area contributed by atoms with Crippen LogP contribution in [-0.2, 0) is 9.59 Å². The van der Waals surface area contributed by atoms with Gasteiger partial charge in [-0.2, -0.15) is 0 Å². The van der Waals surface area contributed by atoms with E-state index in [0.29, 0.717) is 5.69 Å². The summed E-state index contributed by atoms with van der Waals surface area (Å²) >= 11 is 3.36. The van der Waals surface area contributed by atoms with Crippen LogP contribution in [0.1, 0.15) is 12.5 Å². The van der Waals surface area contributed by atoms with Crippen molar-refractivity contribution in [3.63, 3.8) is 0 Å². The Labute approximate surface area is 120 Å². The molecule has 0 aliphatic rings. The lowest BCUT2D eigenvalue weighted by molar-refractivity contribution is -0.142. The Morgan fingerprint density at radius 3 is 2.63 bits per heavy atom. The predicted molar refractivity (Wildman–Crippen MR) is 76.8 cm³/mol. The van der Waals surface area contributed by atoms with E-state index in [-0.39, 0.29) is 6.54 Å². The molecule has 0 unspecified atom stereocenters. The number of amides is 2. The molecule has 0 aliphatic heterocycles. The molecule has 0 saturated heterocycles. The molecule has 6 heteroatoms. The van der Waals surface area contributed by atoms with Crippen LogP contribution in [0.2, 0.25) is 0 Å². The Balaban J connectivity index is 2.68. The number of likely N-dealkylation sites (N-methyl/N-ethyl adjacent to an activating group) is 1. The van der Waals surface area contributed by atoms with Crippen molar-refractivity contribution in [3.8, 4) is 0 Å². The maximum absolute atomic E-state index is 11.7. The van der Waals surface area contributed by atoms with Crippen LogP contribution in [0.4, 0.5) is 5.69 Å². The van der Waals surface area contributed by atoms with Crippen LogP contribution in [0.3, 0.4) is 0 Å². The number of carbonyl (C=O) groups excluding carboxylic acids is 2. The van der Waals surface area contributed by atoms with Crippen molar-refractivity contribution >= 4 is 33.4 Å². The summed E-state index contributed by atoms with van der Waals surface area (Å²) in [6, 6.07) is 5.27. The fourth-order valence-corrected chi connectivity index (χ4v) is 1.81. The highest BCUT2D eigenvalue weighted by atomic mass is 79.9.